The summed E-state index contributed by atoms with van der Waals surface area (Å²) in [5.41, 5.74) is 2.40. The number of Topliss-reactive ketones (excluding diaryl/α,β-unsaturated/α-hetero) is 1. The average molecular weight is 284 g/mol. The van der Waals surface area contributed by atoms with Crippen LogP contribution in [0.2, 0.25) is 0 Å². The fourth-order valence-electron chi connectivity index (χ4n) is 7.38. The van der Waals surface area contributed by atoms with E-state index in [-0.39, 0.29) is 5.41 Å². The predicted octanol–water partition coefficient (Wildman–Crippen LogP) is 4.76. The van der Waals surface area contributed by atoms with Gasteiger partial charge in [0.2, 0.25) is 0 Å². The number of fused-ring (bicyclic) bond motifs is 8. The Morgan fingerprint density at radius 1 is 1.10 bits per heavy atom. The van der Waals surface area contributed by atoms with Gasteiger partial charge in [0.05, 0.1) is 0 Å². The standard InChI is InChI=1S/C20H28O/c1-19-9-4-3-5-14(19)12-11-13(12)18-15-6-7-17(21)20(15,2)10-8-16(18)19/h5,12-13,15-16,18H,3-4,6-11H2,1-2H3/t12-,13+,15-,16-,18-,19-,20-/m0/s1. The van der Waals surface area contributed by atoms with E-state index in [1.165, 1.54) is 44.9 Å². The molecule has 0 aromatic rings. The zero-order valence-corrected chi connectivity index (χ0v) is 13.5. The van der Waals surface area contributed by atoms with Gasteiger partial charge in [-0.15, -0.1) is 0 Å². The fraction of sp³-hybridized carbons (Fsp3) is 0.850. The molecule has 5 aliphatic rings. The fourth-order valence-corrected chi connectivity index (χ4v) is 7.38. The van der Waals surface area contributed by atoms with E-state index in [0.717, 1.165) is 36.0 Å². The van der Waals surface area contributed by atoms with Gasteiger partial charge in [-0.1, -0.05) is 25.5 Å². The summed E-state index contributed by atoms with van der Waals surface area (Å²) >= 11 is 0. The van der Waals surface area contributed by atoms with Crippen molar-refractivity contribution in [3.8, 4) is 0 Å². The lowest BCUT2D eigenvalue weighted by atomic mass is 9.47. The van der Waals surface area contributed by atoms with Gasteiger partial charge in [-0.25, -0.2) is 0 Å². The predicted molar refractivity (Wildman–Crippen MR) is 83.7 cm³/mol. The van der Waals surface area contributed by atoms with Crippen LogP contribution >= 0.6 is 0 Å². The van der Waals surface area contributed by atoms with Crippen molar-refractivity contribution in [1.29, 1.82) is 0 Å². The third-order valence-corrected chi connectivity index (χ3v) is 8.52. The van der Waals surface area contributed by atoms with Crippen molar-refractivity contribution in [2.75, 3.05) is 0 Å². The molecule has 0 aromatic carbocycles. The van der Waals surface area contributed by atoms with Gasteiger partial charge in [0.25, 0.3) is 0 Å². The molecule has 7 atom stereocenters. The summed E-state index contributed by atoms with van der Waals surface area (Å²) in [6.07, 6.45) is 12.8. The first-order chi connectivity index (χ1) is 10.1. The highest BCUT2D eigenvalue weighted by molar-refractivity contribution is 5.87. The Bertz CT molecular complexity index is 546. The third kappa shape index (κ3) is 1.42. The van der Waals surface area contributed by atoms with Gasteiger partial charge in [-0.05, 0) is 80.0 Å². The molecule has 0 aliphatic heterocycles. The molecule has 5 aliphatic carbocycles. The number of carbonyl (C=O) groups is 1. The van der Waals surface area contributed by atoms with Crippen molar-refractivity contribution in [3.63, 3.8) is 0 Å². The van der Waals surface area contributed by atoms with Gasteiger partial charge in [-0.3, -0.25) is 4.79 Å². The first-order valence-corrected chi connectivity index (χ1v) is 9.29. The van der Waals surface area contributed by atoms with Gasteiger partial charge in [0.15, 0.2) is 0 Å². The Hall–Kier alpha value is -0.590. The Kier molecular flexibility index (Phi) is 2.36. The molecule has 114 valence electrons. The van der Waals surface area contributed by atoms with Crippen molar-refractivity contribution in [2.45, 2.75) is 65.2 Å². The van der Waals surface area contributed by atoms with Crippen LogP contribution in [0.25, 0.3) is 0 Å². The molecule has 0 unspecified atom stereocenters. The smallest absolute Gasteiger partial charge is 0.139 e. The highest BCUT2D eigenvalue weighted by Gasteiger charge is 2.67. The quantitative estimate of drug-likeness (QED) is 0.586. The van der Waals surface area contributed by atoms with Gasteiger partial charge < -0.3 is 0 Å². The summed E-state index contributed by atoms with van der Waals surface area (Å²) in [5, 5.41) is 0. The summed E-state index contributed by atoms with van der Waals surface area (Å²) in [6, 6.07) is 0. The number of ketones is 1. The van der Waals surface area contributed by atoms with Crippen molar-refractivity contribution in [3.05, 3.63) is 11.6 Å². The van der Waals surface area contributed by atoms with E-state index in [1.54, 1.807) is 0 Å². The van der Waals surface area contributed by atoms with E-state index in [2.05, 4.69) is 19.9 Å². The highest BCUT2D eigenvalue weighted by atomic mass is 16.1. The number of hydrogen-bond acceptors (Lipinski definition) is 1. The lowest BCUT2D eigenvalue weighted by Crippen LogP contribution is -2.51. The number of hydrogen-bond donors (Lipinski definition) is 0. The third-order valence-electron chi connectivity index (χ3n) is 8.52. The van der Waals surface area contributed by atoms with Gasteiger partial charge in [-0.2, -0.15) is 0 Å². The molecule has 5 rings (SSSR count). The van der Waals surface area contributed by atoms with Crippen molar-refractivity contribution in [1.82, 2.24) is 0 Å². The van der Waals surface area contributed by atoms with E-state index < -0.39 is 0 Å². The van der Waals surface area contributed by atoms with Crippen molar-refractivity contribution in [2.24, 2.45) is 40.4 Å². The van der Waals surface area contributed by atoms with E-state index in [4.69, 9.17) is 0 Å². The number of carbonyl (C=O) groups excluding carboxylic acids is 1. The summed E-state index contributed by atoms with van der Waals surface area (Å²) in [4.78, 5) is 12.5. The van der Waals surface area contributed by atoms with Crippen LogP contribution in [0.4, 0.5) is 0 Å². The maximum atomic E-state index is 12.5. The van der Waals surface area contributed by atoms with E-state index in [9.17, 15) is 4.79 Å². The molecule has 0 saturated heterocycles. The van der Waals surface area contributed by atoms with Crippen molar-refractivity contribution < 1.29 is 4.79 Å². The van der Waals surface area contributed by atoms with Crippen LogP contribution in [0.1, 0.15) is 65.2 Å². The van der Waals surface area contributed by atoms with Crippen LogP contribution in [-0.2, 0) is 4.79 Å². The summed E-state index contributed by atoms with van der Waals surface area (Å²) < 4.78 is 0. The van der Waals surface area contributed by atoms with Gasteiger partial charge >= 0.3 is 0 Å². The minimum absolute atomic E-state index is 0.0561. The first-order valence-electron chi connectivity index (χ1n) is 9.29. The maximum Gasteiger partial charge on any atom is 0.139 e. The van der Waals surface area contributed by atoms with E-state index in [0.29, 0.717) is 11.2 Å². The van der Waals surface area contributed by atoms with E-state index >= 15 is 0 Å². The normalized spacial score (nSPS) is 57.7. The molecular formula is C20H28O. The van der Waals surface area contributed by atoms with Gasteiger partial charge in [0.1, 0.15) is 5.78 Å². The Morgan fingerprint density at radius 2 is 1.90 bits per heavy atom. The summed E-state index contributed by atoms with van der Waals surface area (Å²) in [5.74, 6) is 4.94. The molecule has 1 nitrogen and oxygen atoms in total. The Labute approximate surface area is 128 Å². The highest BCUT2D eigenvalue weighted by Crippen LogP contribution is 2.73. The van der Waals surface area contributed by atoms with Crippen LogP contribution < -0.4 is 0 Å². The van der Waals surface area contributed by atoms with Crippen LogP contribution in [0.3, 0.4) is 0 Å². The molecule has 0 bridgehead atoms. The lowest BCUT2D eigenvalue weighted by Gasteiger charge is -2.56. The largest absolute Gasteiger partial charge is 0.299 e. The second-order valence-electron chi connectivity index (χ2n) is 9.18. The first kappa shape index (κ1) is 12.9. The molecule has 0 N–H and O–H groups in total. The van der Waals surface area contributed by atoms with Crippen LogP contribution in [-0.4, -0.2) is 5.78 Å². The molecular weight excluding hydrogens is 256 g/mol. The van der Waals surface area contributed by atoms with Crippen LogP contribution in [0.15, 0.2) is 11.6 Å². The molecule has 4 saturated carbocycles. The minimum Gasteiger partial charge on any atom is -0.299 e. The summed E-state index contributed by atoms with van der Waals surface area (Å²) in [6.45, 7) is 4.90. The minimum atomic E-state index is 0.0561. The zero-order valence-electron chi connectivity index (χ0n) is 13.5. The number of allylic oxidation sites excluding steroid dienone is 2. The molecule has 4 fully saturated rings. The van der Waals surface area contributed by atoms with Gasteiger partial charge in [0, 0.05) is 11.8 Å². The SMILES string of the molecule is C[C@]12CCCC=C1[C@H]1C[C@H]1[C@@H]1[C@@H]2CC[C@]2(C)C(=O)CC[C@@H]12. The van der Waals surface area contributed by atoms with Crippen LogP contribution in [0, 0.1) is 40.4 Å². The lowest BCUT2D eigenvalue weighted by molar-refractivity contribution is -0.132. The van der Waals surface area contributed by atoms with E-state index in [1.807, 2.05) is 5.57 Å². The topological polar surface area (TPSA) is 17.1 Å². The second-order valence-corrected chi connectivity index (χ2v) is 9.18. The molecule has 0 aromatic heterocycles. The Morgan fingerprint density at radius 3 is 2.76 bits per heavy atom. The molecule has 0 radical (unpaired) electrons. The molecule has 21 heavy (non-hydrogen) atoms. The molecule has 1 heteroatoms. The second kappa shape index (κ2) is 3.84. The van der Waals surface area contributed by atoms with Crippen LogP contribution in [0.5, 0.6) is 0 Å². The average Bonchev–Trinajstić information content (AvgIpc) is 3.19. The van der Waals surface area contributed by atoms with Crippen molar-refractivity contribution >= 4 is 5.78 Å². The zero-order chi connectivity index (χ0) is 14.4. The molecule has 0 heterocycles. The Balaban J connectivity index is 1.59. The number of rotatable bonds is 0. The monoisotopic (exact) mass is 284 g/mol. The molecule has 0 amide bonds. The summed E-state index contributed by atoms with van der Waals surface area (Å²) in [7, 11) is 0. The molecule has 0 spiro atoms. The maximum absolute atomic E-state index is 12.5.